The molecule has 4 atom stereocenters. The Bertz CT molecular complexity index is 550. The molecule has 0 aliphatic carbocycles. The van der Waals surface area contributed by atoms with E-state index in [4.69, 9.17) is 19.7 Å². The van der Waals surface area contributed by atoms with E-state index in [0.717, 1.165) is 0 Å². The monoisotopic (exact) mass is 370 g/mol. The normalized spacial score (nSPS) is 27.7. The third-order valence-electron chi connectivity index (χ3n) is 3.38. The van der Waals surface area contributed by atoms with E-state index in [0.29, 0.717) is 17.3 Å². The average Bonchev–Trinajstić information content (AvgIpc) is 2.57. The molecule has 0 radical (unpaired) electrons. The summed E-state index contributed by atoms with van der Waals surface area (Å²) >= 11 is 3.34. The Labute approximate surface area is 136 Å². The molecule has 118 valence electrons. The average molecular weight is 371 g/mol. The minimum atomic E-state index is -0.632. The summed E-state index contributed by atoms with van der Waals surface area (Å²) in [4.78, 5) is 15.3. The second-order valence-corrected chi connectivity index (χ2v) is 5.40. The van der Waals surface area contributed by atoms with Gasteiger partial charge >= 0.3 is 5.97 Å². The Morgan fingerprint density at radius 2 is 2.23 bits per heavy atom. The van der Waals surface area contributed by atoms with Crippen LogP contribution in [0.3, 0.4) is 0 Å². The molecule has 7 nitrogen and oxygen atoms in total. The van der Waals surface area contributed by atoms with Gasteiger partial charge in [0.15, 0.2) is 18.4 Å². The first kappa shape index (κ1) is 16.8. The van der Waals surface area contributed by atoms with Crippen molar-refractivity contribution < 1.29 is 19.0 Å². The molecule has 0 spiro atoms. The van der Waals surface area contributed by atoms with Gasteiger partial charge in [-0.25, -0.2) is 4.79 Å². The number of rotatable bonds is 5. The molecule has 2 rings (SSSR count). The molecule has 8 heteroatoms. The summed E-state index contributed by atoms with van der Waals surface area (Å²) in [5.41, 5.74) is 7.40. The Kier molecular flexibility index (Phi) is 6.21. The molecule has 1 aliphatic heterocycles. The molecule has 1 heterocycles. The SMILES string of the molecule is COC1CC(N=[N+]=N)C(OC(=O)c2ccccc2)C(CBr)O1. The number of ether oxygens (including phenoxy) is 3. The van der Waals surface area contributed by atoms with E-state index in [1.807, 2.05) is 6.07 Å². The molecule has 1 aliphatic rings. The molecule has 1 N–H and O–H groups in total. The molecule has 0 amide bonds. The van der Waals surface area contributed by atoms with Crippen LogP contribution < -0.4 is 4.91 Å². The highest BCUT2D eigenvalue weighted by atomic mass is 79.9. The fraction of sp³-hybridized carbons (Fsp3) is 0.500. The standard InChI is InChI=1S/C14H17BrN3O4/c1-20-12-7-10(17-18-16)13(11(8-15)21-12)22-14(19)9-5-3-2-4-6-9/h2-6,10-13,16H,7-8H2,1H3/q+1. The highest BCUT2D eigenvalue weighted by Crippen LogP contribution is 2.27. The first-order valence-electron chi connectivity index (χ1n) is 6.76. The molecule has 1 saturated heterocycles. The molecule has 1 fully saturated rings. The van der Waals surface area contributed by atoms with Gasteiger partial charge in [-0.2, -0.15) is 0 Å². The number of alkyl halides is 1. The summed E-state index contributed by atoms with van der Waals surface area (Å²) in [5, 5.41) is 4.29. The zero-order valence-corrected chi connectivity index (χ0v) is 13.6. The van der Waals surface area contributed by atoms with Crippen LogP contribution in [0.1, 0.15) is 16.8 Å². The topological polar surface area (TPSA) is 95.1 Å². The summed E-state index contributed by atoms with van der Waals surface area (Å²) in [6, 6.07) is 8.21. The van der Waals surface area contributed by atoms with Crippen molar-refractivity contribution in [1.82, 2.24) is 4.91 Å². The predicted octanol–water partition coefficient (Wildman–Crippen LogP) is 2.29. The molecule has 1 aromatic carbocycles. The highest BCUT2D eigenvalue weighted by molar-refractivity contribution is 9.09. The smallest absolute Gasteiger partial charge is 0.338 e. The maximum absolute atomic E-state index is 12.2. The number of benzene rings is 1. The predicted molar refractivity (Wildman–Crippen MR) is 80.8 cm³/mol. The van der Waals surface area contributed by atoms with Gasteiger partial charge in [0.2, 0.25) is 4.91 Å². The van der Waals surface area contributed by atoms with Gasteiger partial charge in [-0.05, 0) is 12.1 Å². The van der Waals surface area contributed by atoms with Crippen LogP contribution >= 0.6 is 15.9 Å². The number of halogens is 1. The second-order valence-electron chi connectivity index (χ2n) is 4.75. The van der Waals surface area contributed by atoms with E-state index in [9.17, 15) is 4.79 Å². The lowest BCUT2D eigenvalue weighted by Gasteiger charge is -2.36. The molecule has 1 aromatic rings. The van der Waals surface area contributed by atoms with E-state index < -0.39 is 30.5 Å². The van der Waals surface area contributed by atoms with E-state index in [2.05, 4.69) is 26.0 Å². The summed E-state index contributed by atoms with van der Waals surface area (Å²) < 4.78 is 16.4. The number of carbonyl (C=O) groups excluding carboxylic acids is 1. The van der Waals surface area contributed by atoms with Gasteiger partial charge in [0, 0.05) is 18.9 Å². The highest BCUT2D eigenvalue weighted by Gasteiger charge is 2.44. The van der Waals surface area contributed by atoms with Gasteiger partial charge in [-0.15, -0.1) is 0 Å². The minimum absolute atomic E-state index is 0.370. The van der Waals surface area contributed by atoms with Crippen molar-refractivity contribution in [1.29, 1.82) is 5.53 Å². The number of carbonyl (C=O) groups is 1. The Hall–Kier alpha value is -1.60. The van der Waals surface area contributed by atoms with Crippen molar-refractivity contribution >= 4 is 21.9 Å². The van der Waals surface area contributed by atoms with Crippen molar-refractivity contribution in [2.45, 2.75) is 31.0 Å². The maximum atomic E-state index is 12.2. The fourth-order valence-corrected chi connectivity index (χ4v) is 2.81. The van der Waals surface area contributed by atoms with Crippen molar-refractivity contribution in [3.8, 4) is 0 Å². The van der Waals surface area contributed by atoms with Crippen molar-refractivity contribution in [3.63, 3.8) is 0 Å². The first-order chi connectivity index (χ1) is 10.7. The number of nitrogens with one attached hydrogen (secondary N) is 1. The quantitative estimate of drug-likeness (QED) is 0.372. The number of nitrogens with zero attached hydrogens (tertiary/aromatic N) is 2. The van der Waals surface area contributed by atoms with Crippen LogP contribution in [0.25, 0.3) is 0 Å². The Morgan fingerprint density at radius 1 is 1.50 bits per heavy atom. The van der Waals surface area contributed by atoms with Crippen LogP contribution in [0.15, 0.2) is 35.4 Å². The second kappa shape index (κ2) is 8.14. The number of esters is 1. The lowest BCUT2D eigenvalue weighted by Crippen LogP contribution is -2.51. The zero-order chi connectivity index (χ0) is 15.9. The first-order valence-corrected chi connectivity index (χ1v) is 7.88. The zero-order valence-electron chi connectivity index (χ0n) is 12.0. The summed E-state index contributed by atoms with van der Waals surface area (Å²) in [6.07, 6.45) is -1.16. The number of methoxy groups -OCH3 is 1. The Morgan fingerprint density at radius 3 is 2.82 bits per heavy atom. The van der Waals surface area contributed by atoms with Gasteiger partial charge in [0.25, 0.3) is 0 Å². The van der Waals surface area contributed by atoms with Crippen molar-refractivity contribution in [3.05, 3.63) is 35.9 Å². The molecule has 4 unspecified atom stereocenters. The van der Waals surface area contributed by atoms with Crippen LogP contribution in [0.2, 0.25) is 0 Å². The van der Waals surface area contributed by atoms with Crippen LogP contribution in [0.5, 0.6) is 0 Å². The maximum Gasteiger partial charge on any atom is 0.338 e. The largest absolute Gasteiger partial charge is 0.453 e. The third kappa shape index (κ3) is 3.98. The fourth-order valence-electron chi connectivity index (χ4n) is 2.29. The lowest BCUT2D eigenvalue weighted by molar-refractivity contribution is -0.210. The molecule has 0 saturated carbocycles. The third-order valence-corrected chi connectivity index (χ3v) is 4.02. The van der Waals surface area contributed by atoms with Gasteiger partial charge in [-0.3, -0.25) is 0 Å². The molecule has 0 aromatic heterocycles. The van der Waals surface area contributed by atoms with Crippen LogP contribution in [0, 0.1) is 5.53 Å². The molecule has 22 heavy (non-hydrogen) atoms. The van der Waals surface area contributed by atoms with E-state index in [1.165, 1.54) is 7.11 Å². The van der Waals surface area contributed by atoms with E-state index >= 15 is 0 Å². The summed E-state index contributed by atoms with van der Waals surface area (Å²) in [7, 11) is 1.53. The van der Waals surface area contributed by atoms with Gasteiger partial charge in [-0.1, -0.05) is 34.1 Å². The molecular weight excluding hydrogens is 354 g/mol. The Balaban J connectivity index is 2.17. The van der Waals surface area contributed by atoms with Crippen molar-refractivity contribution in [2.24, 2.45) is 5.11 Å². The number of hydrogen-bond donors (Lipinski definition) is 1. The van der Waals surface area contributed by atoms with Crippen LogP contribution in [0.4, 0.5) is 0 Å². The number of hydrogen-bond acceptors (Lipinski definition) is 6. The van der Waals surface area contributed by atoms with Gasteiger partial charge in [0.05, 0.1) is 5.56 Å². The minimum Gasteiger partial charge on any atom is -0.453 e. The molecule has 0 bridgehead atoms. The van der Waals surface area contributed by atoms with E-state index in [-0.39, 0.29) is 0 Å². The van der Waals surface area contributed by atoms with Gasteiger partial charge < -0.3 is 14.2 Å². The summed E-state index contributed by atoms with van der Waals surface area (Å²) in [5.74, 6) is -0.457. The lowest BCUT2D eigenvalue weighted by atomic mass is 10.00. The van der Waals surface area contributed by atoms with Crippen LogP contribution in [-0.2, 0) is 14.2 Å². The summed E-state index contributed by atoms with van der Waals surface area (Å²) in [6.45, 7) is 0. The van der Waals surface area contributed by atoms with Crippen molar-refractivity contribution in [2.75, 3.05) is 12.4 Å². The van der Waals surface area contributed by atoms with Gasteiger partial charge in [0.1, 0.15) is 16.7 Å². The molecular formula is C14H17BrN3O4+. The van der Waals surface area contributed by atoms with Crippen LogP contribution in [-0.4, -0.2) is 42.9 Å². The van der Waals surface area contributed by atoms with E-state index in [1.54, 1.807) is 24.3 Å².